The van der Waals surface area contributed by atoms with Crippen molar-refractivity contribution in [3.05, 3.63) is 22.3 Å². The quantitative estimate of drug-likeness (QED) is 0.839. The second-order valence-corrected chi connectivity index (χ2v) is 5.36. The van der Waals surface area contributed by atoms with Crippen LogP contribution in [0.15, 0.2) is 16.7 Å². The molecule has 1 heterocycles. The molecule has 1 aromatic heterocycles. The molecule has 6 heteroatoms. The molecular formula is C13H20BrN3O2. The first-order valence-corrected chi connectivity index (χ1v) is 7.08. The summed E-state index contributed by atoms with van der Waals surface area (Å²) < 4.78 is 0.765. The van der Waals surface area contributed by atoms with Crippen LogP contribution in [0.25, 0.3) is 0 Å². The summed E-state index contributed by atoms with van der Waals surface area (Å²) in [4.78, 5) is 18.2. The summed E-state index contributed by atoms with van der Waals surface area (Å²) in [6.07, 6.45) is 1.80. The highest BCUT2D eigenvalue weighted by atomic mass is 79.9. The molecule has 1 rings (SSSR count). The molecule has 0 aliphatic heterocycles. The van der Waals surface area contributed by atoms with Gasteiger partial charge in [-0.25, -0.2) is 4.98 Å². The number of carbonyl (C=O) groups is 1. The Morgan fingerprint density at radius 1 is 1.63 bits per heavy atom. The minimum atomic E-state index is -0.413. The minimum Gasteiger partial charge on any atom is -0.393 e. The number of aliphatic hydroxyl groups excluding tert-OH is 1. The summed E-state index contributed by atoms with van der Waals surface area (Å²) in [6.45, 7) is 4.87. The lowest BCUT2D eigenvalue weighted by Gasteiger charge is -2.19. The Bertz CT molecular complexity index is 438. The summed E-state index contributed by atoms with van der Waals surface area (Å²) in [5.41, 5.74) is 0.532. The second-order valence-electron chi connectivity index (χ2n) is 4.44. The molecule has 1 aromatic rings. The molecule has 1 atom stereocenters. The Labute approximate surface area is 122 Å². The molecule has 0 spiro atoms. The first-order chi connectivity index (χ1) is 8.95. The number of anilines is 1. The van der Waals surface area contributed by atoms with Gasteiger partial charge in [0.15, 0.2) is 0 Å². The van der Waals surface area contributed by atoms with Gasteiger partial charge in [-0.3, -0.25) is 4.79 Å². The van der Waals surface area contributed by atoms with Crippen molar-refractivity contribution in [1.29, 1.82) is 0 Å². The Morgan fingerprint density at radius 2 is 2.32 bits per heavy atom. The molecule has 1 unspecified atom stereocenters. The molecule has 1 amide bonds. The zero-order chi connectivity index (χ0) is 14.4. The van der Waals surface area contributed by atoms with Gasteiger partial charge in [-0.05, 0) is 42.3 Å². The van der Waals surface area contributed by atoms with Crippen molar-refractivity contribution in [2.75, 3.05) is 25.5 Å². The van der Waals surface area contributed by atoms with E-state index in [1.54, 1.807) is 31.1 Å². The maximum Gasteiger partial charge on any atom is 0.257 e. The van der Waals surface area contributed by atoms with E-state index >= 15 is 0 Å². The SMILES string of the molecule is CCNc1ncc(Br)cc1C(=O)N(C)CCC(C)O. The van der Waals surface area contributed by atoms with Crippen molar-refractivity contribution >= 4 is 27.7 Å². The van der Waals surface area contributed by atoms with Crippen molar-refractivity contribution in [3.63, 3.8) is 0 Å². The molecule has 0 fully saturated rings. The third-order valence-corrected chi connectivity index (χ3v) is 3.09. The average Bonchev–Trinajstić information content (AvgIpc) is 2.37. The van der Waals surface area contributed by atoms with Gasteiger partial charge < -0.3 is 15.3 Å². The van der Waals surface area contributed by atoms with E-state index in [0.717, 1.165) is 4.47 Å². The highest BCUT2D eigenvalue weighted by Crippen LogP contribution is 2.19. The lowest BCUT2D eigenvalue weighted by Crippen LogP contribution is -2.30. The van der Waals surface area contributed by atoms with Crippen molar-refractivity contribution in [1.82, 2.24) is 9.88 Å². The van der Waals surface area contributed by atoms with Crippen molar-refractivity contribution in [2.24, 2.45) is 0 Å². The van der Waals surface area contributed by atoms with Gasteiger partial charge in [0.05, 0.1) is 11.7 Å². The van der Waals surface area contributed by atoms with Crippen LogP contribution in [0.5, 0.6) is 0 Å². The zero-order valence-electron chi connectivity index (χ0n) is 11.5. The Hall–Kier alpha value is -1.14. The van der Waals surface area contributed by atoms with E-state index in [1.807, 2.05) is 6.92 Å². The van der Waals surface area contributed by atoms with Crippen LogP contribution >= 0.6 is 15.9 Å². The van der Waals surface area contributed by atoms with Gasteiger partial charge in [0.2, 0.25) is 0 Å². The van der Waals surface area contributed by atoms with Gasteiger partial charge in [0.25, 0.3) is 5.91 Å². The molecule has 0 saturated heterocycles. The van der Waals surface area contributed by atoms with Gasteiger partial charge >= 0.3 is 0 Å². The first kappa shape index (κ1) is 15.9. The van der Waals surface area contributed by atoms with Crippen LogP contribution in [0.1, 0.15) is 30.6 Å². The standard InChI is InChI=1S/C13H20BrN3O2/c1-4-15-12-11(7-10(14)8-16-12)13(19)17(3)6-5-9(2)18/h7-9,18H,4-6H2,1-3H3,(H,15,16). The van der Waals surface area contributed by atoms with E-state index < -0.39 is 6.10 Å². The number of hydrogen-bond donors (Lipinski definition) is 2. The molecule has 0 bridgehead atoms. The molecule has 19 heavy (non-hydrogen) atoms. The van der Waals surface area contributed by atoms with E-state index in [9.17, 15) is 9.90 Å². The Morgan fingerprint density at radius 3 is 2.89 bits per heavy atom. The minimum absolute atomic E-state index is 0.106. The number of rotatable bonds is 6. The summed E-state index contributed by atoms with van der Waals surface area (Å²) >= 11 is 3.33. The molecule has 2 N–H and O–H groups in total. The van der Waals surface area contributed by atoms with Gasteiger partial charge in [0, 0.05) is 30.8 Å². The van der Waals surface area contributed by atoms with Gasteiger partial charge in [0.1, 0.15) is 5.82 Å². The summed E-state index contributed by atoms with van der Waals surface area (Å²) in [5, 5.41) is 12.3. The van der Waals surface area contributed by atoms with E-state index in [0.29, 0.717) is 30.9 Å². The van der Waals surface area contributed by atoms with Crippen molar-refractivity contribution in [2.45, 2.75) is 26.4 Å². The lowest BCUT2D eigenvalue weighted by molar-refractivity contribution is 0.0769. The maximum atomic E-state index is 12.3. The van der Waals surface area contributed by atoms with Crippen LogP contribution in [0, 0.1) is 0 Å². The number of halogens is 1. The van der Waals surface area contributed by atoms with Crippen molar-refractivity contribution < 1.29 is 9.90 Å². The number of nitrogens with one attached hydrogen (secondary N) is 1. The first-order valence-electron chi connectivity index (χ1n) is 6.28. The molecule has 106 valence electrons. The number of aromatic nitrogens is 1. The van der Waals surface area contributed by atoms with Gasteiger partial charge in [-0.1, -0.05) is 0 Å². The highest BCUT2D eigenvalue weighted by molar-refractivity contribution is 9.10. The molecule has 5 nitrogen and oxygen atoms in total. The number of aliphatic hydroxyl groups is 1. The number of amides is 1. The third-order valence-electron chi connectivity index (χ3n) is 2.66. The molecule has 0 aromatic carbocycles. The molecule has 0 aliphatic rings. The fraction of sp³-hybridized carbons (Fsp3) is 0.538. The topological polar surface area (TPSA) is 65.5 Å². The zero-order valence-corrected chi connectivity index (χ0v) is 13.1. The van der Waals surface area contributed by atoms with Crippen LogP contribution < -0.4 is 5.32 Å². The van der Waals surface area contributed by atoms with E-state index in [-0.39, 0.29) is 5.91 Å². The summed E-state index contributed by atoms with van der Waals surface area (Å²) in [7, 11) is 1.72. The van der Waals surface area contributed by atoms with Crippen LogP contribution in [0.4, 0.5) is 5.82 Å². The predicted octanol–water partition coefficient (Wildman–Crippen LogP) is 2.12. The molecular weight excluding hydrogens is 310 g/mol. The fourth-order valence-electron chi connectivity index (χ4n) is 1.60. The molecule has 0 radical (unpaired) electrons. The normalized spacial score (nSPS) is 12.1. The molecule has 0 aliphatic carbocycles. The lowest BCUT2D eigenvalue weighted by atomic mass is 10.2. The van der Waals surface area contributed by atoms with Crippen LogP contribution in [-0.4, -0.2) is 47.1 Å². The van der Waals surface area contributed by atoms with E-state index in [4.69, 9.17) is 0 Å². The Balaban J connectivity index is 2.87. The third kappa shape index (κ3) is 4.80. The van der Waals surface area contributed by atoms with Crippen LogP contribution in [-0.2, 0) is 0 Å². The molecule has 0 saturated carbocycles. The van der Waals surface area contributed by atoms with Crippen LogP contribution in [0.2, 0.25) is 0 Å². The Kier molecular flexibility index (Phi) is 6.24. The fourth-order valence-corrected chi connectivity index (χ4v) is 1.93. The highest BCUT2D eigenvalue weighted by Gasteiger charge is 2.17. The average molecular weight is 330 g/mol. The monoisotopic (exact) mass is 329 g/mol. The summed E-state index contributed by atoms with van der Waals surface area (Å²) in [6, 6.07) is 1.76. The number of nitrogens with zero attached hydrogens (tertiary/aromatic N) is 2. The largest absolute Gasteiger partial charge is 0.393 e. The summed E-state index contributed by atoms with van der Waals surface area (Å²) in [5.74, 6) is 0.477. The number of carbonyl (C=O) groups excluding carboxylic acids is 1. The van der Waals surface area contributed by atoms with Crippen molar-refractivity contribution in [3.8, 4) is 0 Å². The van der Waals surface area contributed by atoms with Crippen LogP contribution in [0.3, 0.4) is 0 Å². The van der Waals surface area contributed by atoms with E-state index in [1.165, 1.54) is 0 Å². The number of hydrogen-bond acceptors (Lipinski definition) is 4. The second kappa shape index (κ2) is 7.45. The van der Waals surface area contributed by atoms with Gasteiger partial charge in [-0.2, -0.15) is 0 Å². The number of pyridine rings is 1. The predicted molar refractivity (Wildman–Crippen MR) is 79.4 cm³/mol. The van der Waals surface area contributed by atoms with Gasteiger partial charge in [-0.15, -0.1) is 0 Å². The maximum absolute atomic E-state index is 12.3. The van der Waals surface area contributed by atoms with E-state index in [2.05, 4.69) is 26.2 Å². The smallest absolute Gasteiger partial charge is 0.257 e.